The highest BCUT2D eigenvalue weighted by atomic mass is 16.5. The lowest BCUT2D eigenvalue weighted by Gasteiger charge is -2.43. The molecule has 0 aromatic heterocycles. The number of methoxy groups -OCH3 is 1. The molecular formula is C27H35N5O3. The Kier molecular flexibility index (Phi) is 6.77. The van der Waals surface area contributed by atoms with Crippen LogP contribution in [-0.2, 0) is 11.2 Å². The number of likely N-dealkylation sites (N-methyl/N-ethyl adjacent to an activating group) is 1. The van der Waals surface area contributed by atoms with E-state index in [4.69, 9.17) is 4.74 Å². The number of benzene rings is 2. The molecule has 186 valence electrons. The summed E-state index contributed by atoms with van der Waals surface area (Å²) in [5.74, 6) is 1.20. The molecule has 0 saturated carbocycles. The Morgan fingerprint density at radius 3 is 2.43 bits per heavy atom. The first-order chi connectivity index (χ1) is 17.0. The number of likely N-dealkylation sites (tertiary alicyclic amines) is 1. The number of piperidine rings is 1. The Morgan fingerprint density at radius 2 is 1.74 bits per heavy atom. The predicted octanol–water partition coefficient (Wildman–Crippen LogP) is 2.43. The van der Waals surface area contributed by atoms with Crippen molar-refractivity contribution in [3.8, 4) is 5.75 Å². The monoisotopic (exact) mass is 477 g/mol. The van der Waals surface area contributed by atoms with Crippen molar-refractivity contribution >= 4 is 11.9 Å². The summed E-state index contributed by atoms with van der Waals surface area (Å²) in [4.78, 5) is 32.0. The summed E-state index contributed by atoms with van der Waals surface area (Å²) in [6.45, 7) is 4.02. The fourth-order valence-electron chi connectivity index (χ4n) is 5.86. The molecule has 3 saturated heterocycles. The molecule has 0 aliphatic carbocycles. The largest absolute Gasteiger partial charge is 0.497 e. The van der Waals surface area contributed by atoms with Gasteiger partial charge < -0.3 is 14.5 Å². The number of nitrogens with zero attached hydrogens (tertiary/aromatic N) is 3. The second kappa shape index (κ2) is 9.97. The number of carbonyl (C=O) groups is 2. The van der Waals surface area contributed by atoms with Gasteiger partial charge in [0.1, 0.15) is 11.3 Å². The van der Waals surface area contributed by atoms with Crippen LogP contribution in [0.2, 0.25) is 0 Å². The first kappa shape index (κ1) is 23.8. The zero-order valence-corrected chi connectivity index (χ0v) is 20.6. The van der Waals surface area contributed by atoms with Gasteiger partial charge >= 0.3 is 6.03 Å². The Balaban J connectivity index is 1.23. The number of nitrogens with one attached hydrogen (secondary N) is 2. The second-order valence-electron chi connectivity index (χ2n) is 9.90. The van der Waals surface area contributed by atoms with Crippen molar-refractivity contribution in [2.24, 2.45) is 5.92 Å². The third-order valence-corrected chi connectivity index (χ3v) is 7.95. The van der Waals surface area contributed by atoms with Crippen molar-refractivity contribution in [2.45, 2.75) is 30.8 Å². The van der Waals surface area contributed by atoms with Gasteiger partial charge in [-0.3, -0.25) is 15.1 Å². The van der Waals surface area contributed by atoms with Crippen LogP contribution in [0.4, 0.5) is 4.79 Å². The fourth-order valence-corrected chi connectivity index (χ4v) is 5.86. The van der Waals surface area contributed by atoms with Gasteiger partial charge in [-0.1, -0.05) is 42.5 Å². The van der Waals surface area contributed by atoms with Gasteiger partial charge in [-0.2, -0.15) is 0 Å². The minimum Gasteiger partial charge on any atom is -0.497 e. The molecule has 3 aliphatic rings. The van der Waals surface area contributed by atoms with Crippen LogP contribution >= 0.6 is 0 Å². The number of urea groups is 1. The summed E-state index contributed by atoms with van der Waals surface area (Å²) in [6.07, 6.45) is 2.06. The van der Waals surface area contributed by atoms with Crippen molar-refractivity contribution in [3.05, 3.63) is 65.7 Å². The highest BCUT2D eigenvalue weighted by Crippen LogP contribution is 2.37. The van der Waals surface area contributed by atoms with E-state index in [0.717, 1.165) is 37.5 Å². The van der Waals surface area contributed by atoms with E-state index >= 15 is 0 Å². The van der Waals surface area contributed by atoms with Gasteiger partial charge in [-0.15, -0.1) is 0 Å². The van der Waals surface area contributed by atoms with Crippen molar-refractivity contribution in [1.29, 1.82) is 0 Å². The van der Waals surface area contributed by atoms with E-state index in [1.54, 1.807) is 14.2 Å². The number of hydrogen-bond donors (Lipinski definition) is 2. The molecule has 3 amide bonds. The van der Waals surface area contributed by atoms with E-state index in [1.165, 1.54) is 10.5 Å². The fraction of sp³-hybridized carbons (Fsp3) is 0.481. The van der Waals surface area contributed by atoms with E-state index < -0.39 is 5.54 Å². The Bertz CT molecular complexity index is 1040. The maximum atomic E-state index is 13.3. The SMILES string of the molecule is COc1ccc(CCN2C(=O)N(C)C(=O)C23CCN(CC2CNNC2c2ccccc2)CC3)cc1. The average molecular weight is 478 g/mol. The molecule has 2 atom stereocenters. The summed E-state index contributed by atoms with van der Waals surface area (Å²) >= 11 is 0. The minimum atomic E-state index is -0.722. The summed E-state index contributed by atoms with van der Waals surface area (Å²) in [5, 5.41) is 0. The molecule has 3 heterocycles. The highest BCUT2D eigenvalue weighted by molar-refractivity contribution is 6.06. The minimum absolute atomic E-state index is 0.0526. The maximum absolute atomic E-state index is 13.3. The lowest BCUT2D eigenvalue weighted by Crippen LogP contribution is -2.57. The number of rotatable bonds is 7. The standard InChI is InChI=1S/C27H35N5O3/c1-30-25(33)27(32(26(30)34)15-12-20-8-10-23(35-2)11-9-20)13-16-31(17-14-27)19-22-18-28-29-24(22)21-6-4-3-5-7-21/h3-11,22,24,28-29H,12-19H2,1-2H3. The third kappa shape index (κ3) is 4.53. The topological polar surface area (TPSA) is 77.2 Å². The first-order valence-electron chi connectivity index (χ1n) is 12.5. The number of carbonyl (C=O) groups excluding carboxylic acids is 2. The molecule has 0 bridgehead atoms. The van der Waals surface area contributed by atoms with Crippen LogP contribution in [-0.4, -0.2) is 79.1 Å². The number of amides is 3. The van der Waals surface area contributed by atoms with Crippen LogP contribution in [0.3, 0.4) is 0 Å². The van der Waals surface area contributed by atoms with E-state index in [1.807, 2.05) is 35.2 Å². The van der Waals surface area contributed by atoms with Crippen LogP contribution in [0.1, 0.15) is 30.0 Å². The molecule has 8 heteroatoms. The van der Waals surface area contributed by atoms with Gasteiger partial charge in [0.2, 0.25) is 0 Å². The normalized spacial score (nSPS) is 24.5. The second-order valence-corrected chi connectivity index (χ2v) is 9.90. The highest BCUT2D eigenvalue weighted by Gasteiger charge is 2.56. The first-order valence-corrected chi connectivity index (χ1v) is 12.5. The zero-order chi connectivity index (χ0) is 24.4. The van der Waals surface area contributed by atoms with Gasteiger partial charge in [-0.05, 0) is 42.5 Å². The Morgan fingerprint density at radius 1 is 1.03 bits per heavy atom. The number of hydrogen-bond acceptors (Lipinski definition) is 6. The summed E-state index contributed by atoms with van der Waals surface area (Å²) in [7, 11) is 3.27. The summed E-state index contributed by atoms with van der Waals surface area (Å²) in [5.41, 5.74) is 8.45. The number of hydrazine groups is 1. The molecule has 2 aromatic rings. The summed E-state index contributed by atoms with van der Waals surface area (Å²) < 4.78 is 5.24. The molecule has 2 N–H and O–H groups in total. The molecule has 5 rings (SSSR count). The van der Waals surface area contributed by atoms with Gasteiger partial charge in [-0.25, -0.2) is 10.2 Å². The quantitative estimate of drug-likeness (QED) is 0.597. The van der Waals surface area contributed by atoms with Crippen molar-refractivity contribution in [1.82, 2.24) is 25.6 Å². The molecule has 0 radical (unpaired) electrons. The van der Waals surface area contributed by atoms with Crippen molar-refractivity contribution in [2.75, 3.05) is 46.9 Å². The van der Waals surface area contributed by atoms with Crippen LogP contribution in [0.5, 0.6) is 5.75 Å². The van der Waals surface area contributed by atoms with Gasteiger partial charge in [0, 0.05) is 45.7 Å². The number of imide groups is 1. The molecule has 1 spiro atoms. The van der Waals surface area contributed by atoms with Gasteiger partial charge in [0.05, 0.1) is 13.2 Å². The van der Waals surface area contributed by atoms with Crippen LogP contribution in [0.15, 0.2) is 54.6 Å². The summed E-state index contributed by atoms with van der Waals surface area (Å²) in [6, 6.07) is 18.5. The molecule has 3 fully saturated rings. The molecule has 2 aromatic carbocycles. The van der Waals surface area contributed by atoms with Crippen molar-refractivity contribution < 1.29 is 14.3 Å². The maximum Gasteiger partial charge on any atom is 0.327 e. The van der Waals surface area contributed by atoms with E-state index in [9.17, 15) is 9.59 Å². The average Bonchev–Trinajstić information content (AvgIpc) is 3.43. The van der Waals surface area contributed by atoms with E-state index in [2.05, 4.69) is 40.0 Å². The third-order valence-electron chi connectivity index (χ3n) is 7.95. The van der Waals surface area contributed by atoms with Crippen molar-refractivity contribution in [3.63, 3.8) is 0 Å². The van der Waals surface area contributed by atoms with Crippen LogP contribution in [0, 0.1) is 5.92 Å². The van der Waals surface area contributed by atoms with E-state index in [-0.39, 0.29) is 18.0 Å². The molecule has 8 nitrogen and oxygen atoms in total. The zero-order valence-electron chi connectivity index (χ0n) is 20.6. The Hall–Kier alpha value is -2.94. The van der Waals surface area contributed by atoms with Crippen LogP contribution in [0.25, 0.3) is 0 Å². The van der Waals surface area contributed by atoms with Gasteiger partial charge in [0.15, 0.2) is 0 Å². The number of ether oxygens (including phenoxy) is 1. The smallest absolute Gasteiger partial charge is 0.327 e. The lowest BCUT2D eigenvalue weighted by atomic mass is 9.84. The molecular weight excluding hydrogens is 442 g/mol. The Labute approximate surface area is 207 Å². The van der Waals surface area contributed by atoms with E-state index in [0.29, 0.717) is 31.7 Å². The van der Waals surface area contributed by atoms with Gasteiger partial charge in [0.25, 0.3) is 5.91 Å². The molecule has 35 heavy (non-hydrogen) atoms. The predicted molar refractivity (Wildman–Crippen MR) is 134 cm³/mol. The van der Waals surface area contributed by atoms with Crippen LogP contribution < -0.4 is 15.6 Å². The lowest BCUT2D eigenvalue weighted by molar-refractivity contribution is -0.134. The molecule has 3 aliphatic heterocycles. The molecule has 2 unspecified atom stereocenters.